The number of hydrogen-bond acceptors (Lipinski definition) is 4. The van der Waals surface area contributed by atoms with Gasteiger partial charge in [0.15, 0.2) is 0 Å². The van der Waals surface area contributed by atoms with Gasteiger partial charge in [-0.15, -0.1) is 0 Å². The third kappa shape index (κ3) is 5.41. The molecule has 2 N–H and O–H groups in total. The Morgan fingerprint density at radius 2 is 1.90 bits per heavy atom. The summed E-state index contributed by atoms with van der Waals surface area (Å²) in [6, 6.07) is 2.05. The first-order valence-corrected chi connectivity index (χ1v) is 7.11. The van der Waals surface area contributed by atoms with Crippen LogP contribution in [0.1, 0.15) is 32.3 Å². The van der Waals surface area contributed by atoms with Crippen molar-refractivity contribution in [3.8, 4) is 0 Å². The maximum absolute atomic E-state index is 13.0. The molecule has 0 saturated heterocycles. The number of alkyl halides is 3. The van der Waals surface area contributed by atoms with Crippen molar-refractivity contribution in [1.29, 1.82) is 0 Å². The fourth-order valence-electron chi connectivity index (χ4n) is 1.92. The summed E-state index contributed by atoms with van der Waals surface area (Å²) in [6.07, 6.45) is -2.87. The molecule has 4 nitrogen and oxygen atoms in total. The van der Waals surface area contributed by atoms with Gasteiger partial charge in [0.25, 0.3) is 0 Å². The third-order valence-electron chi connectivity index (χ3n) is 2.88. The molecule has 21 heavy (non-hydrogen) atoms. The Morgan fingerprint density at radius 1 is 1.19 bits per heavy atom. The quantitative estimate of drug-likeness (QED) is 0.775. The molecule has 0 bridgehead atoms. The molecule has 0 aromatic carbocycles. The Morgan fingerprint density at radius 3 is 2.43 bits per heavy atom. The molecule has 0 aliphatic carbocycles. The normalized spacial score (nSPS) is 11.5. The summed E-state index contributed by atoms with van der Waals surface area (Å²) in [4.78, 5) is 5.88. The van der Waals surface area contributed by atoms with E-state index in [4.69, 9.17) is 5.11 Å². The number of pyridine rings is 1. The molecular weight excluding hydrogens is 283 g/mol. The summed E-state index contributed by atoms with van der Waals surface area (Å²) in [6.45, 7) is 5.08. The molecule has 1 aromatic heterocycles. The lowest BCUT2D eigenvalue weighted by Crippen LogP contribution is -2.29. The molecule has 7 heteroatoms. The Hall–Kier alpha value is -1.50. The van der Waals surface area contributed by atoms with E-state index in [-0.39, 0.29) is 24.8 Å². The van der Waals surface area contributed by atoms with Crippen LogP contribution in [-0.2, 0) is 6.18 Å². The highest BCUT2D eigenvalue weighted by Gasteiger charge is 2.32. The molecule has 0 aliphatic heterocycles. The van der Waals surface area contributed by atoms with Gasteiger partial charge in [0.05, 0.1) is 12.2 Å². The second kappa shape index (κ2) is 8.07. The van der Waals surface area contributed by atoms with Crippen molar-refractivity contribution in [2.75, 3.05) is 36.5 Å². The second-order valence-electron chi connectivity index (χ2n) is 4.73. The summed E-state index contributed by atoms with van der Waals surface area (Å²) < 4.78 is 38.9. The molecule has 1 heterocycles. The summed E-state index contributed by atoms with van der Waals surface area (Å²) in [7, 11) is 0. The number of anilines is 2. The van der Waals surface area contributed by atoms with Gasteiger partial charge in [0, 0.05) is 19.6 Å². The Balaban J connectivity index is 3.15. The van der Waals surface area contributed by atoms with Gasteiger partial charge in [-0.2, -0.15) is 13.2 Å². The zero-order valence-electron chi connectivity index (χ0n) is 12.4. The minimum absolute atomic E-state index is 0.129. The van der Waals surface area contributed by atoms with Crippen LogP contribution in [-0.4, -0.2) is 36.3 Å². The maximum Gasteiger partial charge on any atom is 0.416 e. The van der Waals surface area contributed by atoms with Gasteiger partial charge in [-0.3, -0.25) is 0 Å². The largest absolute Gasteiger partial charge is 0.416 e. The van der Waals surface area contributed by atoms with E-state index >= 15 is 0 Å². The molecular formula is C14H22F3N3O. The molecule has 0 atom stereocenters. The van der Waals surface area contributed by atoms with Crippen LogP contribution in [0.25, 0.3) is 0 Å². The van der Waals surface area contributed by atoms with Crippen LogP contribution in [0.15, 0.2) is 12.1 Å². The molecule has 0 unspecified atom stereocenters. The van der Waals surface area contributed by atoms with Crippen molar-refractivity contribution >= 4 is 11.6 Å². The van der Waals surface area contributed by atoms with Crippen molar-refractivity contribution in [3.63, 3.8) is 0 Å². The first kappa shape index (κ1) is 17.6. The first-order chi connectivity index (χ1) is 9.92. The first-order valence-electron chi connectivity index (χ1n) is 7.11. The van der Waals surface area contributed by atoms with Crippen molar-refractivity contribution in [3.05, 3.63) is 17.7 Å². The average molecular weight is 305 g/mol. The zero-order chi connectivity index (χ0) is 15.9. The smallest absolute Gasteiger partial charge is 0.395 e. The summed E-state index contributed by atoms with van der Waals surface area (Å²) in [5.41, 5.74) is -0.731. The summed E-state index contributed by atoms with van der Waals surface area (Å²) >= 11 is 0. The van der Waals surface area contributed by atoms with Crippen LogP contribution >= 0.6 is 0 Å². The van der Waals surface area contributed by atoms with E-state index < -0.39 is 11.7 Å². The topological polar surface area (TPSA) is 48.4 Å². The van der Waals surface area contributed by atoms with Crippen LogP contribution in [0.2, 0.25) is 0 Å². The van der Waals surface area contributed by atoms with Gasteiger partial charge in [0.1, 0.15) is 11.6 Å². The third-order valence-corrected chi connectivity index (χ3v) is 2.88. The molecule has 1 rings (SSSR count). The molecule has 0 fully saturated rings. The Bertz CT molecular complexity index is 432. The van der Waals surface area contributed by atoms with E-state index in [9.17, 15) is 13.2 Å². The van der Waals surface area contributed by atoms with Crippen molar-refractivity contribution in [2.24, 2.45) is 0 Å². The standard InChI is InChI=1S/C14H22F3N3O/c1-3-5-18-12-9-11(14(15,16)17)10-13(19-12)20(6-4-2)7-8-21/h9-10,21H,3-8H2,1-2H3,(H,18,19). The number of nitrogens with zero attached hydrogens (tertiary/aromatic N) is 2. The number of hydrogen-bond donors (Lipinski definition) is 2. The fourth-order valence-corrected chi connectivity index (χ4v) is 1.92. The minimum Gasteiger partial charge on any atom is -0.395 e. The number of nitrogens with one attached hydrogen (secondary N) is 1. The number of aliphatic hydroxyl groups is 1. The van der Waals surface area contributed by atoms with Crippen molar-refractivity contribution in [2.45, 2.75) is 32.9 Å². The highest BCUT2D eigenvalue weighted by atomic mass is 19.4. The van der Waals surface area contributed by atoms with Crippen molar-refractivity contribution in [1.82, 2.24) is 4.98 Å². The Kier molecular flexibility index (Phi) is 6.74. The number of halogens is 3. The summed E-state index contributed by atoms with van der Waals surface area (Å²) in [5, 5.41) is 11.9. The van der Waals surface area contributed by atoms with E-state index in [0.717, 1.165) is 25.0 Å². The monoisotopic (exact) mass is 305 g/mol. The fraction of sp³-hybridized carbons (Fsp3) is 0.643. The maximum atomic E-state index is 13.0. The minimum atomic E-state index is -4.42. The van der Waals surface area contributed by atoms with Crippen LogP contribution in [0, 0.1) is 0 Å². The van der Waals surface area contributed by atoms with Gasteiger partial charge >= 0.3 is 6.18 Å². The lowest BCUT2D eigenvalue weighted by Gasteiger charge is -2.24. The molecule has 0 radical (unpaired) electrons. The van der Waals surface area contributed by atoms with Crippen LogP contribution in [0.5, 0.6) is 0 Å². The molecule has 0 saturated carbocycles. The predicted octanol–water partition coefficient (Wildman–Crippen LogP) is 3.13. The van der Waals surface area contributed by atoms with E-state index in [1.165, 1.54) is 0 Å². The zero-order valence-corrected chi connectivity index (χ0v) is 12.4. The molecule has 0 aliphatic rings. The molecule has 120 valence electrons. The van der Waals surface area contributed by atoms with Gasteiger partial charge in [0.2, 0.25) is 0 Å². The van der Waals surface area contributed by atoms with E-state index in [1.54, 1.807) is 4.90 Å². The van der Waals surface area contributed by atoms with E-state index in [0.29, 0.717) is 13.1 Å². The second-order valence-corrected chi connectivity index (χ2v) is 4.73. The molecule has 1 aromatic rings. The lowest BCUT2D eigenvalue weighted by molar-refractivity contribution is -0.137. The van der Waals surface area contributed by atoms with Gasteiger partial charge in [-0.05, 0) is 25.0 Å². The SMILES string of the molecule is CCCNc1cc(C(F)(F)F)cc(N(CCC)CCO)n1. The molecule has 0 spiro atoms. The van der Waals surface area contributed by atoms with Gasteiger partial charge in [-0.1, -0.05) is 13.8 Å². The average Bonchev–Trinajstić information content (AvgIpc) is 2.43. The Labute approximate surface area is 123 Å². The van der Waals surface area contributed by atoms with Crippen LogP contribution in [0.4, 0.5) is 24.8 Å². The van der Waals surface area contributed by atoms with Crippen molar-refractivity contribution < 1.29 is 18.3 Å². The highest BCUT2D eigenvalue weighted by molar-refractivity contribution is 5.51. The predicted molar refractivity (Wildman–Crippen MR) is 77.6 cm³/mol. The number of aromatic nitrogens is 1. The lowest BCUT2D eigenvalue weighted by atomic mass is 10.2. The van der Waals surface area contributed by atoms with E-state index in [1.807, 2.05) is 13.8 Å². The number of rotatable bonds is 8. The van der Waals surface area contributed by atoms with Gasteiger partial charge < -0.3 is 15.3 Å². The van der Waals surface area contributed by atoms with Gasteiger partial charge in [-0.25, -0.2) is 4.98 Å². The number of aliphatic hydroxyl groups excluding tert-OH is 1. The summed E-state index contributed by atoms with van der Waals surface area (Å²) in [5.74, 6) is 0.444. The highest BCUT2D eigenvalue weighted by Crippen LogP contribution is 2.33. The molecule has 0 amide bonds. The van der Waals surface area contributed by atoms with Crippen LogP contribution < -0.4 is 10.2 Å². The van der Waals surface area contributed by atoms with Crippen LogP contribution in [0.3, 0.4) is 0 Å². The van der Waals surface area contributed by atoms with E-state index in [2.05, 4.69) is 10.3 Å².